The second kappa shape index (κ2) is 9.13. The molecule has 1 rings (SSSR count). The molecule has 1 aromatic carbocycles. The van der Waals surface area contributed by atoms with Gasteiger partial charge in [0.1, 0.15) is 0 Å². The smallest absolute Gasteiger partial charge is 0.244 e. The second-order valence-corrected chi connectivity index (χ2v) is 4.85. The first-order chi connectivity index (χ1) is 10.1. The zero-order chi connectivity index (χ0) is 15.7. The minimum absolute atomic E-state index is 0.0666. The van der Waals surface area contributed by atoms with Crippen LogP contribution in [0.1, 0.15) is 25.8 Å². The Morgan fingerprint density at radius 3 is 2.62 bits per heavy atom. The summed E-state index contributed by atoms with van der Waals surface area (Å²) in [6.07, 6.45) is 1.57. The molecule has 2 amide bonds. The van der Waals surface area contributed by atoms with Crippen molar-refractivity contribution >= 4 is 17.5 Å². The number of carbonyl (C=O) groups excluding carboxylic acids is 2. The number of hydrogen-bond donors (Lipinski definition) is 1. The number of rotatable bonds is 8. The van der Waals surface area contributed by atoms with Crippen molar-refractivity contribution in [3.05, 3.63) is 29.8 Å². The highest BCUT2D eigenvalue weighted by Crippen LogP contribution is 2.15. The summed E-state index contributed by atoms with van der Waals surface area (Å²) in [5, 5.41) is 2.87. The van der Waals surface area contributed by atoms with E-state index in [0.29, 0.717) is 13.2 Å². The summed E-state index contributed by atoms with van der Waals surface area (Å²) in [6, 6.07) is 7.69. The Balaban J connectivity index is 2.59. The third kappa shape index (κ3) is 5.95. The monoisotopic (exact) mass is 292 g/mol. The van der Waals surface area contributed by atoms with Crippen LogP contribution in [0.5, 0.6) is 0 Å². The lowest BCUT2D eigenvalue weighted by molar-refractivity contribution is -0.132. The van der Waals surface area contributed by atoms with Gasteiger partial charge in [0.15, 0.2) is 0 Å². The fourth-order valence-corrected chi connectivity index (χ4v) is 2.06. The number of para-hydroxylation sites is 1. The second-order valence-electron chi connectivity index (χ2n) is 4.85. The van der Waals surface area contributed by atoms with Crippen LogP contribution in [-0.2, 0) is 20.7 Å². The number of aryl methyl sites for hydroxylation is 1. The van der Waals surface area contributed by atoms with Crippen molar-refractivity contribution < 1.29 is 14.3 Å². The van der Waals surface area contributed by atoms with E-state index < -0.39 is 0 Å². The molecule has 0 atom stereocenters. The SMILES string of the molecule is CCc1ccccc1NC(=O)CN(CCCOC)C(C)=O. The summed E-state index contributed by atoms with van der Waals surface area (Å²) in [5.74, 6) is -0.284. The van der Waals surface area contributed by atoms with Crippen LogP contribution in [0.3, 0.4) is 0 Å². The van der Waals surface area contributed by atoms with E-state index in [1.807, 2.05) is 31.2 Å². The summed E-state index contributed by atoms with van der Waals surface area (Å²) in [7, 11) is 1.62. The highest BCUT2D eigenvalue weighted by molar-refractivity contribution is 5.94. The van der Waals surface area contributed by atoms with Crippen LogP contribution in [0.15, 0.2) is 24.3 Å². The average molecular weight is 292 g/mol. The molecule has 21 heavy (non-hydrogen) atoms. The van der Waals surface area contributed by atoms with Crippen molar-refractivity contribution in [2.45, 2.75) is 26.7 Å². The van der Waals surface area contributed by atoms with Crippen molar-refractivity contribution in [1.29, 1.82) is 0 Å². The van der Waals surface area contributed by atoms with E-state index in [0.717, 1.165) is 24.1 Å². The maximum absolute atomic E-state index is 12.1. The number of methoxy groups -OCH3 is 1. The van der Waals surface area contributed by atoms with Crippen molar-refractivity contribution in [3.8, 4) is 0 Å². The quantitative estimate of drug-likeness (QED) is 0.746. The Morgan fingerprint density at radius 1 is 1.29 bits per heavy atom. The molecule has 1 aromatic rings. The normalized spacial score (nSPS) is 10.2. The topological polar surface area (TPSA) is 58.6 Å². The number of carbonyl (C=O) groups is 2. The lowest BCUT2D eigenvalue weighted by Crippen LogP contribution is -2.37. The Hall–Kier alpha value is -1.88. The number of hydrogen-bond acceptors (Lipinski definition) is 3. The summed E-state index contributed by atoms with van der Waals surface area (Å²) >= 11 is 0. The zero-order valence-corrected chi connectivity index (χ0v) is 13.0. The average Bonchev–Trinajstić information content (AvgIpc) is 2.46. The molecular weight excluding hydrogens is 268 g/mol. The van der Waals surface area contributed by atoms with Gasteiger partial charge in [-0.3, -0.25) is 9.59 Å². The number of ether oxygens (including phenoxy) is 1. The summed E-state index contributed by atoms with van der Waals surface area (Å²) in [6.45, 7) is 4.67. The van der Waals surface area contributed by atoms with E-state index in [-0.39, 0.29) is 18.4 Å². The third-order valence-electron chi connectivity index (χ3n) is 3.23. The molecule has 0 aliphatic carbocycles. The van der Waals surface area contributed by atoms with E-state index in [9.17, 15) is 9.59 Å². The van der Waals surface area contributed by atoms with Crippen LogP contribution in [0.4, 0.5) is 5.69 Å². The highest BCUT2D eigenvalue weighted by Gasteiger charge is 2.14. The van der Waals surface area contributed by atoms with Gasteiger partial charge in [-0.1, -0.05) is 25.1 Å². The van der Waals surface area contributed by atoms with Gasteiger partial charge in [-0.15, -0.1) is 0 Å². The van der Waals surface area contributed by atoms with E-state index >= 15 is 0 Å². The maximum Gasteiger partial charge on any atom is 0.244 e. The van der Waals surface area contributed by atoms with Crippen LogP contribution >= 0.6 is 0 Å². The predicted octanol–water partition coefficient (Wildman–Crippen LogP) is 2.07. The number of amides is 2. The molecule has 116 valence electrons. The predicted molar refractivity (Wildman–Crippen MR) is 83.2 cm³/mol. The fourth-order valence-electron chi connectivity index (χ4n) is 2.06. The number of anilines is 1. The largest absolute Gasteiger partial charge is 0.385 e. The summed E-state index contributed by atoms with van der Waals surface area (Å²) < 4.78 is 4.96. The Morgan fingerprint density at radius 2 is 2.00 bits per heavy atom. The molecule has 0 spiro atoms. The molecule has 5 nitrogen and oxygen atoms in total. The van der Waals surface area contributed by atoms with Crippen molar-refractivity contribution in [2.75, 3.05) is 32.1 Å². The maximum atomic E-state index is 12.1. The van der Waals surface area contributed by atoms with Crippen LogP contribution in [0, 0.1) is 0 Å². The van der Waals surface area contributed by atoms with Gasteiger partial charge in [-0.25, -0.2) is 0 Å². The third-order valence-corrected chi connectivity index (χ3v) is 3.23. The molecule has 0 aliphatic heterocycles. The summed E-state index contributed by atoms with van der Waals surface area (Å²) in [4.78, 5) is 25.2. The minimum Gasteiger partial charge on any atom is -0.385 e. The molecule has 5 heteroatoms. The van der Waals surface area contributed by atoms with E-state index in [4.69, 9.17) is 4.74 Å². The lowest BCUT2D eigenvalue weighted by atomic mass is 10.1. The van der Waals surface area contributed by atoms with E-state index in [1.165, 1.54) is 11.8 Å². The van der Waals surface area contributed by atoms with Crippen molar-refractivity contribution in [3.63, 3.8) is 0 Å². The molecule has 0 unspecified atom stereocenters. The molecule has 0 saturated heterocycles. The first kappa shape index (κ1) is 17.2. The van der Waals surface area contributed by atoms with Gasteiger partial charge in [-0.2, -0.15) is 0 Å². The molecule has 1 N–H and O–H groups in total. The van der Waals surface area contributed by atoms with Crippen molar-refractivity contribution in [2.24, 2.45) is 0 Å². The number of nitrogens with one attached hydrogen (secondary N) is 1. The Labute approximate surface area is 126 Å². The highest BCUT2D eigenvalue weighted by atomic mass is 16.5. The minimum atomic E-state index is -0.177. The fraction of sp³-hybridized carbons (Fsp3) is 0.500. The van der Waals surface area contributed by atoms with Gasteiger partial charge in [0.2, 0.25) is 11.8 Å². The molecule has 0 radical (unpaired) electrons. The lowest BCUT2D eigenvalue weighted by Gasteiger charge is -2.20. The first-order valence-electron chi connectivity index (χ1n) is 7.20. The van der Waals surface area contributed by atoms with Crippen LogP contribution in [0.2, 0.25) is 0 Å². The molecule has 0 bridgehead atoms. The van der Waals surface area contributed by atoms with Gasteiger partial charge in [-0.05, 0) is 24.5 Å². The molecule has 0 aliphatic rings. The molecule has 0 saturated carbocycles. The first-order valence-corrected chi connectivity index (χ1v) is 7.20. The van der Waals surface area contributed by atoms with Crippen LogP contribution in [-0.4, -0.2) is 43.5 Å². The van der Waals surface area contributed by atoms with Crippen LogP contribution < -0.4 is 5.32 Å². The Kier molecular flexibility index (Phi) is 7.46. The molecule has 0 heterocycles. The van der Waals surface area contributed by atoms with Gasteiger partial charge >= 0.3 is 0 Å². The van der Waals surface area contributed by atoms with E-state index in [1.54, 1.807) is 7.11 Å². The molecular formula is C16H24N2O3. The van der Waals surface area contributed by atoms with Crippen molar-refractivity contribution in [1.82, 2.24) is 4.90 Å². The standard InChI is InChI=1S/C16H24N2O3/c1-4-14-8-5-6-9-15(14)17-16(20)12-18(13(2)19)10-7-11-21-3/h5-6,8-9H,4,7,10-12H2,1-3H3,(H,17,20). The number of benzene rings is 1. The number of nitrogens with zero attached hydrogens (tertiary/aromatic N) is 1. The van der Waals surface area contributed by atoms with Gasteiger partial charge in [0, 0.05) is 32.9 Å². The van der Waals surface area contributed by atoms with E-state index in [2.05, 4.69) is 5.32 Å². The van der Waals surface area contributed by atoms with Gasteiger partial charge in [0.25, 0.3) is 0 Å². The molecule has 0 fully saturated rings. The molecule has 0 aromatic heterocycles. The van der Waals surface area contributed by atoms with Gasteiger partial charge in [0.05, 0.1) is 6.54 Å². The summed E-state index contributed by atoms with van der Waals surface area (Å²) in [5.41, 5.74) is 1.89. The Bertz CT molecular complexity index is 474. The van der Waals surface area contributed by atoms with Crippen LogP contribution in [0.25, 0.3) is 0 Å². The van der Waals surface area contributed by atoms with Gasteiger partial charge < -0.3 is 15.0 Å². The zero-order valence-electron chi connectivity index (χ0n) is 13.0.